The van der Waals surface area contributed by atoms with Gasteiger partial charge >= 0.3 is 0 Å². The molecule has 2 unspecified atom stereocenters. The van der Waals surface area contributed by atoms with Gasteiger partial charge in [0.05, 0.1) is 24.0 Å². The summed E-state index contributed by atoms with van der Waals surface area (Å²) in [5.74, 6) is -0.451. The Bertz CT molecular complexity index is 594. The van der Waals surface area contributed by atoms with Gasteiger partial charge in [0, 0.05) is 25.3 Å². The monoisotopic (exact) mass is 279 g/mol. The van der Waals surface area contributed by atoms with Gasteiger partial charge in [-0.1, -0.05) is 0 Å². The van der Waals surface area contributed by atoms with E-state index in [0.717, 1.165) is 24.9 Å². The van der Waals surface area contributed by atoms with Crippen LogP contribution in [0.5, 0.6) is 0 Å². The molecular weight excluding hydrogens is 264 g/mol. The van der Waals surface area contributed by atoms with E-state index in [1.54, 1.807) is 13.3 Å². The van der Waals surface area contributed by atoms with Gasteiger partial charge in [0.15, 0.2) is 0 Å². The number of nitrogens with zero attached hydrogens (tertiary/aromatic N) is 1. The minimum atomic E-state index is -0.602. The van der Waals surface area contributed by atoms with Gasteiger partial charge < -0.3 is 15.0 Å². The van der Waals surface area contributed by atoms with E-state index < -0.39 is 11.6 Å². The van der Waals surface area contributed by atoms with Crippen LogP contribution in [-0.4, -0.2) is 29.7 Å². The SMILES string of the molecule is COC1CNC(c2ncc(-c3cc(F)cc(F)c3)[nH]2)C1. The lowest BCUT2D eigenvalue weighted by Crippen LogP contribution is -2.16. The van der Waals surface area contributed by atoms with Crippen molar-refractivity contribution in [1.82, 2.24) is 15.3 Å². The van der Waals surface area contributed by atoms with E-state index in [-0.39, 0.29) is 12.1 Å². The molecule has 2 aromatic rings. The molecule has 106 valence electrons. The zero-order chi connectivity index (χ0) is 14.1. The van der Waals surface area contributed by atoms with Crippen molar-refractivity contribution in [3.63, 3.8) is 0 Å². The molecule has 0 spiro atoms. The van der Waals surface area contributed by atoms with Crippen molar-refractivity contribution in [3.8, 4) is 11.3 Å². The van der Waals surface area contributed by atoms with Gasteiger partial charge in [0.1, 0.15) is 17.5 Å². The highest BCUT2D eigenvalue weighted by Crippen LogP contribution is 2.26. The van der Waals surface area contributed by atoms with Crippen LogP contribution in [0.1, 0.15) is 18.3 Å². The molecule has 0 saturated carbocycles. The van der Waals surface area contributed by atoms with Crippen molar-refractivity contribution in [1.29, 1.82) is 0 Å². The Morgan fingerprint density at radius 1 is 1.25 bits per heavy atom. The van der Waals surface area contributed by atoms with Gasteiger partial charge in [-0.25, -0.2) is 13.8 Å². The molecule has 1 aliphatic heterocycles. The third-order valence-electron chi connectivity index (χ3n) is 3.52. The van der Waals surface area contributed by atoms with Crippen LogP contribution in [0.15, 0.2) is 24.4 Å². The Morgan fingerprint density at radius 2 is 2.00 bits per heavy atom. The smallest absolute Gasteiger partial charge is 0.126 e. The average molecular weight is 279 g/mol. The van der Waals surface area contributed by atoms with Crippen molar-refractivity contribution in [2.24, 2.45) is 0 Å². The van der Waals surface area contributed by atoms with Crippen LogP contribution in [0.3, 0.4) is 0 Å². The Labute approximate surface area is 115 Å². The first-order chi connectivity index (χ1) is 9.65. The first-order valence-electron chi connectivity index (χ1n) is 6.43. The number of imidazole rings is 1. The summed E-state index contributed by atoms with van der Waals surface area (Å²) in [6.07, 6.45) is 2.58. The summed E-state index contributed by atoms with van der Waals surface area (Å²) in [6, 6.07) is 3.48. The summed E-state index contributed by atoms with van der Waals surface area (Å²) >= 11 is 0. The minimum Gasteiger partial charge on any atom is -0.380 e. The van der Waals surface area contributed by atoms with Crippen LogP contribution in [0.4, 0.5) is 8.78 Å². The summed E-state index contributed by atoms with van der Waals surface area (Å²) in [5, 5.41) is 3.29. The van der Waals surface area contributed by atoms with Crippen molar-refractivity contribution >= 4 is 0 Å². The molecule has 20 heavy (non-hydrogen) atoms. The standard InChI is InChI=1S/C14H15F2N3O/c1-20-11-5-12(17-6-11)14-18-7-13(19-14)8-2-9(15)4-10(16)3-8/h2-4,7,11-12,17H,5-6H2,1H3,(H,18,19). The number of hydrogen-bond acceptors (Lipinski definition) is 3. The third kappa shape index (κ3) is 2.57. The van der Waals surface area contributed by atoms with Crippen LogP contribution in [0.2, 0.25) is 0 Å². The molecule has 1 saturated heterocycles. The van der Waals surface area contributed by atoms with Gasteiger partial charge in [-0.05, 0) is 18.6 Å². The van der Waals surface area contributed by atoms with Crippen LogP contribution < -0.4 is 5.32 Å². The number of hydrogen-bond donors (Lipinski definition) is 2. The molecular formula is C14H15F2N3O. The van der Waals surface area contributed by atoms with E-state index in [0.29, 0.717) is 11.3 Å². The van der Waals surface area contributed by atoms with Crippen LogP contribution >= 0.6 is 0 Å². The van der Waals surface area contributed by atoms with Crippen LogP contribution in [-0.2, 0) is 4.74 Å². The Kier molecular flexibility index (Phi) is 3.50. The van der Waals surface area contributed by atoms with Crippen molar-refractivity contribution < 1.29 is 13.5 Å². The Hall–Kier alpha value is -1.79. The van der Waals surface area contributed by atoms with Crippen molar-refractivity contribution in [3.05, 3.63) is 41.9 Å². The first-order valence-corrected chi connectivity index (χ1v) is 6.43. The molecule has 0 amide bonds. The van der Waals surface area contributed by atoms with E-state index in [1.807, 2.05) is 0 Å². The molecule has 0 aliphatic carbocycles. The maximum absolute atomic E-state index is 13.2. The fraction of sp³-hybridized carbons (Fsp3) is 0.357. The normalized spacial score (nSPS) is 22.4. The first kappa shape index (κ1) is 13.2. The number of methoxy groups -OCH3 is 1. The predicted octanol–water partition coefficient (Wildman–Crippen LogP) is 2.40. The molecule has 6 heteroatoms. The summed E-state index contributed by atoms with van der Waals surface area (Å²) in [6.45, 7) is 0.770. The number of benzene rings is 1. The molecule has 2 N–H and O–H groups in total. The summed E-state index contributed by atoms with van der Waals surface area (Å²) < 4.78 is 31.7. The Balaban J connectivity index is 1.83. The lowest BCUT2D eigenvalue weighted by Gasteiger charge is -2.06. The van der Waals surface area contributed by atoms with Crippen LogP contribution in [0.25, 0.3) is 11.3 Å². The number of halogens is 2. The lowest BCUT2D eigenvalue weighted by atomic mass is 10.1. The van der Waals surface area contributed by atoms with E-state index in [4.69, 9.17) is 4.74 Å². The maximum atomic E-state index is 13.2. The van der Waals surface area contributed by atoms with Gasteiger partial charge in [-0.15, -0.1) is 0 Å². The van der Waals surface area contributed by atoms with Crippen molar-refractivity contribution in [2.75, 3.05) is 13.7 Å². The maximum Gasteiger partial charge on any atom is 0.126 e. The third-order valence-corrected chi connectivity index (χ3v) is 3.52. The van der Waals surface area contributed by atoms with Gasteiger partial charge in [-0.2, -0.15) is 0 Å². The molecule has 2 atom stereocenters. The quantitative estimate of drug-likeness (QED) is 0.907. The second-order valence-electron chi connectivity index (χ2n) is 4.89. The summed E-state index contributed by atoms with van der Waals surface area (Å²) in [7, 11) is 1.68. The van der Waals surface area contributed by atoms with Crippen LogP contribution in [0, 0.1) is 11.6 Å². The number of aromatic amines is 1. The molecule has 1 aromatic carbocycles. The minimum absolute atomic E-state index is 0.0760. The molecule has 2 heterocycles. The van der Waals surface area contributed by atoms with Gasteiger partial charge in [0.2, 0.25) is 0 Å². The molecule has 1 fully saturated rings. The topological polar surface area (TPSA) is 49.9 Å². The largest absolute Gasteiger partial charge is 0.380 e. The number of rotatable bonds is 3. The fourth-order valence-corrected chi connectivity index (χ4v) is 2.46. The highest BCUT2D eigenvalue weighted by Gasteiger charge is 2.27. The van der Waals surface area contributed by atoms with Crippen molar-refractivity contribution in [2.45, 2.75) is 18.6 Å². The zero-order valence-corrected chi connectivity index (χ0v) is 11.0. The molecule has 0 bridgehead atoms. The molecule has 1 aliphatic rings. The van der Waals surface area contributed by atoms with Gasteiger partial charge in [0.25, 0.3) is 0 Å². The Morgan fingerprint density at radius 3 is 2.65 bits per heavy atom. The van der Waals surface area contributed by atoms with E-state index >= 15 is 0 Å². The molecule has 4 nitrogen and oxygen atoms in total. The fourth-order valence-electron chi connectivity index (χ4n) is 2.46. The summed E-state index contributed by atoms with van der Waals surface area (Å²) in [5.41, 5.74) is 1.05. The number of aromatic nitrogens is 2. The summed E-state index contributed by atoms with van der Waals surface area (Å²) in [4.78, 5) is 7.39. The lowest BCUT2D eigenvalue weighted by molar-refractivity contribution is 0.117. The average Bonchev–Trinajstić information content (AvgIpc) is 3.06. The van der Waals surface area contributed by atoms with Gasteiger partial charge in [-0.3, -0.25) is 0 Å². The second kappa shape index (κ2) is 5.30. The number of H-pyrrole nitrogens is 1. The number of ether oxygens (including phenoxy) is 1. The van der Waals surface area contributed by atoms with E-state index in [2.05, 4.69) is 15.3 Å². The van der Waals surface area contributed by atoms with E-state index in [9.17, 15) is 8.78 Å². The highest BCUT2D eigenvalue weighted by atomic mass is 19.1. The zero-order valence-electron chi connectivity index (χ0n) is 11.0. The van der Waals surface area contributed by atoms with E-state index in [1.165, 1.54) is 12.1 Å². The predicted molar refractivity (Wildman–Crippen MR) is 70.1 cm³/mol. The molecule has 1 aromatic heterocycles. The molecule has 0 radical (unpaired) electrons. The second-order valence-corrected chi connectivity index (χ2v) is 4.89. The number of nitrogens with one attached hydrogen (secondary N) is 2. The molecule has 3 rings (SSSR count). The highest BCUT2D eigenvalue weighted by molar-refractivity contribution is 5.58.